The van der Waals surface area contributed by atoms with Crippen molar-refractivity contribution in [2.24, 2.45) is 5.92 Å². The van der Waals surface area contributed by atoms with Crippen LogP contribution in [0.2, 0.25) is 0 Å². The molecule has 0 bridgehead atoms. The van der Waals surface area contributed by atoms with Gasteiger partial charge >= 0.3 is 0 Å². The molecule has 0 unspecified atom stereocenters. The molecule has 0 spiro atoms. The summed E-state index contributed by atoms with van der Waals surface area (Å²) in [7, 11) is 0. The highest BCUT2D eigenvalue weighted by atomic mass is 16.3. The van der Waals surface area contributed by atoms with Crippen LogP contribution >= 0.6 is 0 Å². The third-order valence-corrected chi connectivity index (χ3v) is 5.98. The first-order valence-corrected chi connectivity index (χ1v) is 9.90. The molecule has 1 saturated heterocycles. The van der Waals surface area contributed by atoms with Gasteiger partial charge in [-0.05, 0) is 68.4 Å². The molecular formula is C22H26N2O3. The normalized spacial score (nSPS) is 22.2. The van der Waals surface area contributed by atoms with Crippen LogP contribution < -0.4 is 5.32 Å². The first-order valence-electron chi connectivity index (χ1n) is 9.90. The molecule has 2 amide bonds. The molecule has 2 aromatic rings. The van der Waals surface area contributed by atoms with Crippen LogP contribution in [0.15, 0.2) is 41.0 Å². The van der Waals surface area contributed by atoms with Crippen LogP contribution in [-0.4, -0.2) is 29.3 Å². The van der Waals surface area contributed by atoms with Crippen molar-refractivity contribution in [3.63, 3.8) is 0 Å². The van der Waals surface area contributed by atoms with E-state index in [1.54, 1.807) is 18.2 Å². The fourth-order valence-electron chi connectivity index (χ4n) is 4.52. The molecule has 2 atom stereocenters. The van der Waals surface area contributed by atoms with Gasteiger partial charge in [0.25, 0.3) is 11.8 Å². The molecule has 4 rings (SSSR count). The van der Waals surface area contributed by atoms with Gasteiger partial charge in [0.2, 0.25) is 0 Å². The van der Waals surface area contributed by atoms with Crippen LogP contribution in [0.3, 0.4) is 0 Å². The molecule has 2 aliphatic rings. The van der Waals surface area contributed by atoms with E-state index < -0.39 is 0 Å². The number of nitrogens with one attached hydrogen (secondary N) is 1. The van der Waals surface area contributed by atoms with Crippen molar-refractivity contribution in [1.82, 2.24) is 4.90 Å². The van der Waals surface area contributed by atoms with E-state index in [1.807, 2.05) is 19.1 Å². The van der Waals surface area contributed by atoms with E-state index in [9.17, 15) is 9.59 Å². The predicted molar refractivity (Wildman–Crippen MR) is 104 cm³/mol. The average molecular weight is 366 g/mol. The molecule has 142 valence electrons. The van der Waals surface area contributed by atoms with Crippen molar-refractivity contribution in [2.45, 2.75) is 51.5 Å². The summed E-state index contributed by atoms with van der Waals surface area (Å²) in [4.78, 5) is 27.6. The van der Waals surface area contributed by atoms with Crippen LogP contribution in [0.25, 0.3) is 0 Å². The van der Waals surface area contributed by atoms with Gasteiger partial charge in [-0.1, -0.05) is 18.9 Å². The Morgan fingerprint density at radius 2 is 1.93 bits per heavy atom. The predicted octanol–water partition coefficient (Wildman–Crippen LogP) is 4.64. The zero-order valence-electron chi connectivity index (χ0n) is 15.7. The van der Waals surface area contributed by atoms with Crippen LogP contribution in [-0.2, 0) is 0 Å². The van der Waals surface area contributed by atoms with Crippen LogP contribution in [0.4, 0.5) is 5.69 Å². The van der Waals surface area contributed by atoms with Gasteiger partial charge in [-0.3, -0.25) is 9.59 Å². The first-order chi connectivity index (χ1) is 13.1. The van der Waals surface area contributed by atoms with Gasteiger partial charge in [0.1, 0.15) is 0 Å². The number of furan rings is 1. The Hall–Kier alpha value is -2.56. The maximum Gasteiger partial charge on any atom is 0.291 e. The monoisotopic (exact) mass is 366 g/mol. The summed E-state index contributed by atoms with van der Waals surface area (Å²) >= 11 is 0. The minimum atomic E-state index is -0.307. The highest BCUT2D eigenvalue weighted by molar-refractivity contribution is 6.04. The lowest BCUT2D eigenvalue weighted by Gasteiger charge is -2.44. The molecule has 2 heterocycles. The van der Waals surface area contributed by atoms with Gasteiger partial charge in [-0.2, -0.15) is 0 Å². The quantitative estimate of drug-likeness (QED) is 0.861. The average Bonchev–Trinajstić information content (AvgIpc) is 3.24. The van der Waals surface area contributed by atoms with Crippen LogP contribution in [0.1, 0.15) is 65.0 Å². The lowest BCUT2D eigenvalue weighted by Crippen LogP contribution is -2.49. The van der Waals surface area contributed by atoms with E-state index in [0.29, 0.717) is 23.2 Å². The molecular weight excluding hydrogens is 340 g/mol. The van der Waals surface area contributed by atoms with Gasteiger partial charge in [-0.15, -0.1) is 0 Å². The summed E-state index contributed by atoms with van der Waals surface area (Å²) in [6.45, 7) is 2.76. The topological polar surface area (TPSA) is 62.6 Å². The second-order valence-corrected chi connectivity index (χ2v) is 7.71. The molecule has 5 nitrogen and oxygen atoms in total. The summed E-state index contributed by atoms with van der Waals surface area (Å²) in [6.07, 6.45) is 8.66. The fourth-order valence-corrected chi connectivity index (χ4v) is 4.52. The fraction of sp³-hybridized carbons (Fsp3) is 0.455. The maximum absolute atomic E-state index is 13.2. The van der Waals surface area contributed by atoms with Gasteiger partial charge in [0.15, 0.2) is 5.76 Å². The van der Waals surface area contributed by atoms with Crippen LogP contribution in [0, 0.1) is 12.8 Å². The summed E-state index contributed by atoms with van der Waals surface area (Å²) < 4.78 is 5.15. The smallest absolute Gasteiger partial charge is 0.291 e. The van der Waals surface area contributed by atoms with Gasteiger partial charge in [-0.25, -0.2) is 0 Å². The Labute approximate surface area is 159 Å². The number of nitrogens with zero attached hydrogens (tertiary/aromatic N) is 1. The Morgan fingerprint density at radius 1 is 1.11 bits per heavy atom. The van der Waals surface area contributed by atoms with E-state index in [4.69, 9.17) is 4.42 Å². The number of carbonyl (C=O) groups excluding carboxylic acids is 2. The Kier molecular flexibility index (Phi) is 5.01. The van der Waals surface area contributed by atoms with E-state index in [0.717, 1.165) is 24.9 Å². The van der Waals surface area contributed by atoms with Crippen molar-refractivity contribution in [1.29, 1.82) is 0 Å². The Bertz CT molecular complexity index is 826. The summed E-state index contributed by atoms with van der Waals surface area (Å²) in [5, 5.41) is 2.86. The van der Waals surface area contributed by atoms with Crippen molar-refractivity contribution in [3.8, 4) is 0 Å². The highest BCUT2D eigenvalue weighted by Gasteiger charge is 2.36. The standard InChI is InChI=1S/C22H26N2O3/c1-15-10-11-17(14-18(15)23-21(25)20-9-5-13-27-20)22(26)24-12-4-7-16-6-2-3-8-19(16)24/h5,9-11,13-14,16,19H,2-4,6-8,12H2,1H3,(H,23,25)/t16-,19-/m0/s1. The van der Waals surface area contributed by atoms with Crippen molar-refractivity contribution < 1.29 is 14.0 Å². The molecule has 1 N–H and O–H groups in total. The molecule has 27 heavy (non-hydrogen) atoms. The molecule has 1 aromatic heterocycles. The van der Waals surface area contributed by atoms with Gasteiger partial charge in [0.05, 0.1) is 6.26 Å². The second kappa shape index (κ2) is 7.59. The lowest BCUT2D eigenvalue weighted by molar-refractivity contribution is 0.0390. The number of rotatable bonds is 3. The highest BCUT2D eigenvalue weighted by Crippen LogP contribution is 2.36. The van der Waals surface area contributed by atoms with Gasteiger partial charge in [0, 0.05) is 23.8 Å². The largest absolute Gasteiger partial charge is 0.459 e. The Balaban J connectivity index is 1.54. The van der Waals surface area contributed by atoms with Crippen LogP contribution in [0.5, 0.6) is 0 Å². The zero-order chi connectivity index (χ0) is 18.8. The minimum Gasteiger partial charge on any atom is -0.459 e. The number of amides is 2. The third-order valence-electron chi connectivity index (χ3n) is 5.98. The number of anilines is 1. The zero-order valence-corrected chi connectivity index (χ0v) is 15.7. The van der Waals surface area contributed by atoms with E-state index in [1.165, 1.54) is 31.9 Å². The van der Waals surface area contributed by atoms with Crippen molar-refractivity contribution in [2.75, 3.05) is 11.9 Å². The molecule has 1 aromatic carbocycles. The van der Waals surface area contributed by atoms with Crippen molar-refractivity contribution >= 4 is 17.5 Å². The van der Waals surface area contributed by atoms with E-state index in [2.05, 4.69) is 10.2 Å². The molecule has 0 radical (unpaired) electrons. The number of benzene rings is 1. The lowest BCUT2D eigenvalue weighted by atomic mass is 9.78. The number of fused-ring (bicyclic) bond motifs is 1. The molecule has 1 saturated carbocycles. The van der Waals surface area contributed by atoms with Crippen molar-refractivity contribution in [3.05, 3.63) is 53.5 Å². The van der Waals surface area contributed by atoms with E-state index >= 15 is 0 Å². The van der Waals surface area contributed by atoms with Gasteiger partial charge < -0.3 is 14.6 Å². The third kappa shape index (κ3) is 3.64. The molecule has 5 heteroatoms. The van der Waals surface area contributed by atoms with E-state index in [-0.39, 0.29) is 17.6 Å². The summed E-state index contributed by atoms with van der Waals surface area (Å²) in [5.74, 6) is 0.686. The number of likely N-dealkylation sites (tertiary alicyclic amines) is 1. The number of aryl methyl sites for hydroxylation is 1. The second-order valence-electron chi connectivity index (χ2n) is 7.71. The molecule has 1 aliphatic carbocycles. The number of hydrogen-bond acceptors (Lipinski definition) is 3. The number of hydrogen-bond donors (Lipinski definition) is 1. The number of piperidine rings is 1. The summed E-state index contributed by atoms with van der Waals surface area (Å²) in [6, 6.07) is 9.24. The SMILES string of the molecule is Cc1ccc(C(=O)N2CCC[C@@H]3CCCC[C@@H]32)cc1NC(=O)c1ccco1. The Morgan fingerprint density at radius 3 is 2.74 bits per heavy atom. The number of carbonyl (C=O) groups is 2. The minimum absolute atomic E-state index is 0.0834. The first kappa shape index (κ1) is 17.8. The maximum atomic E-state index is 13.2. The molecule has 2 fully saturated rings. The molecule has 1 aliphatic heterocycles. The summed E-state index contributed by atoms with van der Waals surface area (Å²) in [5.41, 5.74) is 2.21.